The molecule has 0 aliphatic heterocycles. The summed E-state index contributed by atoms with van der Waals surface area (Å²) in [7, 11) is 0. The number of carboxylic acid groups (broad SMARTS) is 2. The first kappa shape index (κ1) is 34.5. The summed E-state index contributed by atoms with van der Waals surface area (Å²) in [4.78, 5) is 65.1. The molecule has 0 aromatic rings. The molecule has 38 heavy (non-hydrogen) atoms. The maximum Gasteiger partial charge on any atom is 0.326 e. The van der Waals surface area contributed by atoms with E-state index < -0.39 is 60.2 Å². The van der Waals surface area contributed by atoms with Crippen molar-refractivity contribution in [1.82, 2.24) is 16.0 Å². The van der Waals surface area contributed by atoms with Gasteiger partial charge in [-0.3, -0.25) is 24.2 Å². The number of hydrogen-bond acceptors (Lipinski definition) is 8. The van der Waals surface area contributed by atoms with Gasteiger partial charge in [0, 0.05) is 13.0 Å². The molecule has 0 aliphatic rings. The van der Waals surface area contributed by atoms with E-state index in [0.717, 1.165) is 0 Å². The lowest BCUT2D eigenvalue weighted by atomic mass is 10.0. The summed E-state index contributed by atoms with van der Waals surface area (Å²) < 4.78 is 0. The number of guanidine groups is 1. The van der Waals surface area contributed by atoms with Crippen molar-refractivity contribution in [2.45, 2.75) is 89.4 Å². The van der Waals surface area contributed by atoms with Gasteiger partial charge in [-0.2, -0.15) is 0 Å². The Labute approximate surface area is 222 Å². The fraction of sp³-hybridized carbons (Fsp3) is 0.739. The Hall–Kier alpha value is -3.46. The number of aliphatic carboxylic acids is 2. The van der Waals surface area contributed by atoms with Crippen LogP contribution in [0, 0.1) is 5.92 Å². The molecular weight excluding hydrogens is 500 g/mol. The summed E-state index contributed by atoms with van der Waals surface area (Å²) in [6.45, 7) is 4.26. The standard InChI is InChI=1S/C23H44N8O7/c1-13(2)12-17(21(36)30-16(22(37)38)7-3-4-10-24)31-20(35)15(8-9-18(32)33)29-19(34)14(25)6-5-11-28-23(26)27/h13-17H,3-12,24-25H2,1-2H3,(H,29,34)(H,30,36)(H,31,35)(H,32,33)(H,37,38)(H4,26,27,28). The van der Waals surface area contributed by atoms with E-state index in [0.29, 0.717) is 25.8 Å². The van der Waals surface area contributed by atoms with Crippen LogP contribution in [0.5, 0.6) is 0 Å². The third-order valence-corrected chi connectivity index (χ3v) is 5.49. The molecule has 4 atom stereocenters. The van der Waals surface area contributed by atoms with E-state index in [1.807, 2.05) is 13.8 Å². The predicted octanol–water partition coefficient (Wildman–Crippen LogP) is -2.05. The van der Waals surface area contributed by atoms with Crippen LogP contribution >= 0.6 is 0 Å². The van der Waals surface area contributed by atoms with Crippen molar-refractivity contribution >= 4 is 35.6 Å². The van der Waals surface area contributed by atoms with Gasteiger partial charge in [0.25, 0.3) is 0 Å². The van der Waals surface area contributed by atoms with Gasteiger partial charge in [0.1, 0.15) is 18.1 Å². The van der Waals surface area contributed by atoms with E-state index in [1.54, 1.807) is 0 Å². The molecule has 0 aromatic heterocycles. The van der Waals surface area contributed by atoms with E-state index in [1.165, 1.54) is 0 Å². The Morgan fingerprint density at radius 3 is 1.89 bits per heavy atom. The molecule has 0 radical (unpaired) electrons. The molecule has 15 nitrogen and oxygen atoms in total. The normalized spacial score (nSPS) is 14.0. The number of nitrogens with one attached hydrogen (secondary N) is 3. The molecule has 0 saturated carbocycles. The van der Waals surface area contributed by atoms with E-state index in [4.69, 9.17) is 28.0 Å². The Morgan fingerprint density at radius 1 is 0.789 bits per heavy atom. The van der Waals surface area contributed by atoms with Gasteiger partial charge in [0.05, 0.1) is 6.04 Å². The SMILES string of the molecule is CC(C)CC(NC(=O)C(CCC(=O)O)NC(=O)C(N)CCCN=C(N)N)C(=O)NC(CCCCN)C(=O)O. The molecule has 3 amide bonds. The van der Waals surface area contributed by atoms with Crippen LogP contribution in [0.4, 0.5) is 0 Å². The average Bonchev–Trinajstić information content (AvgIpc) is 2.82. The minimum Gasteiger partial charge on any atom is -0.481 e. The van der Waals surface area contributed by atoms with Crippen LogP contribution in [0.2, 0.25) is 0 Å². The first-order chi connectivity index (χ1) is 17.8. The second kappa shape index (κ2) is 18.7. The highest BCUT2D eigenvalue weighted by Crippen LogP contribution is 2.09. The van der Waals surface area contributed by atoms with E-state index in [2.05, 4.69) is 20.9 Å². The summed E-state index contributed by atoms with van der Waals surface area (Å²) in [6.07, 6.45) is 1.34. The van der Waals surface area contributed by atoms with Crippen molar-refractivity contribution in [1.29, 1.82) is 0 Å². The molecule has 0 rings (SSSR count). The average molecular weight is 545 g/mol. The molecular formula is C23H44N8O7. The van der Waals surface area contributed by atoms with Crippen LogP contribution in [-0.4, -0.2) is 83.1 Å². The van der Waals surface area contributed by atoms with Gasteiger partial charge in [-0.15, -0.1) is 0 Å². The van der Waals surface area contributed by atoms with Crippen LogP contribution in [0.3, 0.4) is 0 Å². The lowest BCUT2D eigenvalue weighted by Gasteiger charge is -2.26. The van der Waals surface area contributed by atoms with Gasteiger partial charge < -0.3 is 49.1 Å². The molecule has 13 N–H and O–H groups in total. The number of nitrogens with zero attached hydrogens (tertiary/aromatic N) is 1. The lowest BCUT2D eigenvalue weighted by molar-refractivity contribution is -0.142. The zero-order chi connectivity index (χ0) is 29.3. The van der Waals surface area contributed by atoms with Crippen LogP contribution in [0.15, 0.2) is 4.99 Å². The number of carbonyl (C=O) groups excluding carboxylic acids is 3. The Balaban J connectivity index is 5.46. The second-order valence-electron chi connectivity index (χ2n) is 9.42. The van der Waals surface area contributed by atoms with Crippen LogP contribution < -0.4 is 38.9 Å². The second-order valence-corrected chi connectivity index (χ2v) is 9.42. The number of carboxylic acids is 2. The summed E-state index contributed by atoms with van der Waals surface area (Å²) in [5, 5.41) is 26.0. The van der Waals surface area contributed by atoms with Gasteiger partial charge in [-0.1, -0.05) is 13.8 Å². The zero-order valence-electron chi connectivity index (χ0n) is 22.2. The van der Waals surface area contributed by atoms with Crippen molar-refractivity contribution in [2.24, 2.45) is 33.8 Å². The molecule has 0 heterocycles. The van der Waals surface area contributed by atoms with Crippen LogP contribution in [0.1, 0.15) is 65.2 Å². The summed E-state index contributed by atoms with van der Waals surface area (Å²) in [5.74, 6) is -4.73. The largest absolute Gasteiger partial charge is 0.481 e. The van der Waals surface area contributed by atoms with Gasteiger partial charge in [-0.05, 0) is 57.4 Å². The van der Waals surface area contributed by atoms with E-state index >= 15 is 0 Å². The number of nitrogens with two attached hydrogens (primary N) is 4. The maximum atomic E-state index is 13.1. The van der Waals surface area contributed by atoms with Gasteiger partial charge >= 0.3 is 11.9 Å². The zero-order valence-corrected chi connectivity index (χ0v) is 22.2. The number of aliphatic imine (C=N–C) groups is 1. The molecule has 0 fully saturated rings. The summed E-state index contributed by atoms with van der Waals surface area (Å²) in [5.41, 5.74) is 21.8. The third kappa shape index (κ3) is 15.6. The number of unbranched alkanes of at least 4 members (excludes halogenated alkanes) is 1. The third-order valence-electron chi connectivity index (χ3n) is 5.49. The topological polar surface area (TPSA) is 278 Å². The molecule has 15 heteroatoms. The quantitative estimate of drug-likeness (QED) is 0.0456. The first-order valence-corrected chi connectivity index (χ1v) is 12.6. The highest BCUT2D eigenvalue weighted by Gasteiger charge is 2.30. The molecule has 0 saturated heterocycles. The highest BCUT2D eigenvalue weighted by atomic mass is 16.4. The molecule has 0 aliphatic carbocycles. The van der Waals surface area contributed by atoms with Crippen molar-refractivity contribution in [3.8, 4) is 0 Å². The highest BCUT2D eigenvalue weighted by molar-refractivity contribution is 5.94. The van der Waals surface area contributed by atoms with E-state index in [-0.39, 0.29) is 44.1 Å². The number of carbonyl (C=O) groups is 5. The van der Waals surface area contributed by atoms with Crippen molar-refractivity contribution in [2.75, 3.05) is 13.1 Å². The predicted molar refractivity (Wildman–Crippen MR) is 141 cm³/mol. The van der Waals surface area contributed by atoms with Crippen molar-refractivity contribution in [3.05, 3.63) is 0 Å². The molecule has 0 bridgehead atoms. The maximum absolute atomic E-state index is 13.1. The van der Waals surface area contributed by atoms with Crippen LogP contribution in [0.25, 0.3) is 0 Å². The smallest absolute Gasteiger partial charge is 0.326 e. The number of rotatable bonds is 20. The monoisotopic (exact) mass is 544 g/mol. The van der Waals surface area contributed by atoms with E-state index in [9.17, 15) is 29.1 Å². The fourth-order valence-corrected chi connectivity index (χ4v) is 3.46. The Kier molecular flexibility index (Phi) is 17.0. The Morgan fingerprint density at radius 2 is 1.37 bits per heavy atom. The van der Waals surface area contributed by atoms with Crippen molar-refractivity contribution < 1.29 is 34.2 Å². The molecule has 0 spiro atoms. The lowest BCUT2D eigenvalue weighted by Crippen LogP contribution is -2.57. The minimum absolute atomic E-state index is 0.0581. The molecule has 0 aromatic carbocycles. The number of amides is 3. The van der Waals surface area contributed by atoms with Gasteiger partial charge in [0.15, 0.2) is 5.96 Å². The van der Waals surface area contributed by atoms with Crippen molar-refractivity contribution in [3.63, 3.8) is 0 Å². The molecule has 4 unspecified atom stereocenters. The van der Waals surface area contributed by atoms with Gasteiger partial charge in [0.2, 0.25) is 17.7 Å². The summed E-state index contributed by atoms with van der Waals surface area (Å²) in [6, 6.07) is -4.58. The minimum atomic E-state index is -1.29. The van der Waals surface area contributed by atoms with Gasteiger partial charge in [-0.25, -0.2) is 4.79 Å². The Bertz CT molecular complexity index is 818. The summed E-state index contributed by atoms with van der Waals surface area (Å²) >= 11 is 0. The number of hydrogen-bond donors (Lipinski definition) is 9. The molecule has 218 valence electrons. The van der Waals surface area contributed by atoms with Crippen LogP contribution in [-0.2, 0) is 24.0 Å². The first-order valence-electron chi connectivity index (χ1n) is 12.6. The fourth-order valence-electron chi connectivity index (χ4n) is 3.46.